The summed E-state index contributed by atoms with van der Waals surface area (Å²) in [6, 6.07) is 16.2. The first-order chi connectivity index (χ1) is 16.1. The number of fused-ring (bicyclic) bond motifs is 3. The predicted octanol–water partition coefficient (Wildman–Crippen LogP) is 4.93. The van der Waals surface area contributed by atoms with E-state index in [1.54, 1.807) is 24.8 Å². The third-order valence-corrected chi connectivity index (χ3v) is 7.51. The number of aromatic nitrogens is 4. The van der Waals surface area contributed by atoms with Gasteiger partial charge >= 0.3 is 0 Å². The molecule has 166 valence electrons. The van der Waals surface area contributed by atoms with Crippen LogP contribution >= 0.6 is 27.3 Å². The predicted molar refractivity (Wildman–Crippen MR) is 133 cm³/mol. The molecule has 1 aliphatic carbocycles. The Labute approximate surface area is 202 Å². The number of hydrogen-bond donors (Lipinski definition) is 2. The molecular formula is C24H20BrN5O2S. The van der Waals surface area contributed by atoms with Crippen molar-refractivity contribution in [3.63, 3.8) is 0 Å². The lowest BCUT2D eigenvalue weighted by molar-refractivity contribution is 0.166. The van der Waals surface area contributed by atoms with Gasteiger partial charge in [0.2, 0.25) is 5.88 Å². The molecule has 0 unspecified atom stereocenters. The summed E-state index contributed by atoms with van der Waals surface area (Å²) in [5.74, 6) is 0.536. The van der Waals surface area contributed by atoms with Crippen molar-refractivity contribution in [2.75, 3.05) is 12.4 Å². The summed E-state index contributed by atoms with van der Waals surface area (Å²) >= 11 is 5.06. The second-order valence-corrected chi connectivity index (χ2v) is 9.99. The lowest BCUT2D eigenvalue weighted by Gasteiger charge is -2.16. The number of anilines is 1. The zero-order valence-corrected chi connectivity index (χ0v) is 20.1. The third kappa shape index (κ3) is 3.66. The van der Waals surface area contributed by atoms with Gasteiger partial charge in [0, 0.05) is 6.42 Å². The van der Waals surface area contributed by atoms with Crippen LogP contribution in [0, 0.1) is 0 Å². The van der Waals surface area contributed by atoms with Crippen LogP contribution in [-0.2, 0) is 13.0 Å². The van der Waals surface area contributed by atoms with Gasteiger partial charge in [-0.25, -0.2) is 9.97 Å². The number of ether oxygens (including phenoxy) is 1. The van der Waals surface area contributed by atoms with Gasteiger partial charge in [-0.3, -0.25) is 0 Å². The molecule has 5 aromatic rings. The van der Waals surface area contributed by atoms with Crippen LogP contribution in [-0.4, -0.2) is 37.8 Å². The minimum atomic E-state index is -0.455. The SMILES string of the molecule is COc1nc2c(cc1Br)ncn2Cc1ccc2nc(N[C@@H]3c4ccccc4C[C@H]3O)sc2c1. The van der Waals surface area contributed by atoms with Crippen LogP contribution in [0.1, 0.15) is 22.7 Å². The molecule has 2 N–H and O–H groups in total. The largest absolute Gasteiger partial charge is 0.480 e. The molecular weight excluding hydrogens is 502 g/mol. The summed E-state index contributed by atoms with van der Waals surface area (Å²) in [5.41, 5.74) is 5.99. The fourth-order valence-corrected chi connectivity index (χ4v) is 5.85. The molecule has 6 rings (SSSR count). The van der Waals surface area contributed by atoms with Gasteiger partial charge < -0.3 is 19.7 Å². The van der Waals surface area contributed by atoms with Crippen molar-refractivity contribution in [2.24, 2.45) is 0 Å². The number of imidazole rings is 1. The molecule has 0 radical (unpaired) electrons. The lowest BCUT2D eigenvalue weighted by atomic mass is 10.1. The molecule has 3 heterocycles. The van der Waals surface area contributed by atoms with Gasteiger partial charge in [0.15, 0.2) is 10.8 Å². The van der Waals surface area contributed by atoms with E-state index < -0.39 is 6.10 Å². The Bertz CT molecular complexity index is 1500. The van der Waals surface area contributed by atoms with E-state index in [-0.39, 0.29) is 6.04 Å². The topological polar surface area (TPSA) is 85.1 Å². The highest BCUT2D eigenvalue weighted by atomic mass is 79.9. The van der Waals surface area contributed by atoms with Crippen LogP contribution in [0.5, 0.6) is 5.88 Å². The molecule has 0 bridgehead atoms. The van der Waals surface area contributed by atoms with Crippen molar-refractivity contribution in [2.45, 2.75) is 25.1 Å². The number of hydrogen-bond acceptors (Lipinski definition) is 7. The lowest BCUT2D eigenvalue weighted by Crippen LogP contribution is -2.20. The summed E-state index contributed by atoms with van der Waals surface area (Å²) in [6.45, 7) is 0.638. The van der Waals surface area contributed by atoms with Crippen molar-refractivity contribution >= 4 is 53.8 Å². The van der Waals surface area contributed by atoms with Gasteiger partial charge in [-0.1, -0.05) is 41.7 Å². The average Bonchev–Trinajstić information content (AvgIpc) is 3.48. The van der Waals surface area contributed by atoms with E-state index in [2.05, 4.69) is 55.5 Å². The molecule has 1 aliphatic rings. The number of aliphatic hydroxyl groups excluding tert-OH is 1. The molecule has 0 fully saturated rings. The second kappa shape index (κ2) is 8.09. The first-order valence-electron chi connectivity index (χ1n) is 10.6. The molecule has 0 saturated carbocycles. The molecule has 9 heteroatoms. The summed E-state index contributed by atoms with van der Waals surface area (Å²) in [7, 11) is 1.60. The van der Waals surface area contributed by atoms with Crippen molar-refractivity contribution in [1.29, 1.82) is 0 Å². The van der Waals surface area contributed by atoms with Gasteiger partial charge in [0.05, 0.1) is 46.8 Å². The summed E-state index contributed by atoms with van der Waals surface area (Å²) < 4.78 is 9.23. The van der Waals surface area contributed by atoms with Crippen LogP contribution in [0.3, 0.4) is 0 Å². The zero-order chi connectivity index (χ0) is 22.5. The van der Waals surface area contributed by atoms with Crippen LogP contribution in [0.2, 0.25) is 0 Å². The number of aliphatic hydroxyl groups is 1. The maximum Gasteiger partial charge on any atom is 0.229 e. The quantitative estimate of drug-likeness (QED) is 0.341. The summed E-state index contributed by atoms with van der Waals surface area (Å²) in [5, 5.41) is 14.8. The minimum absolute atomic E-state index is 0.140. The minimum Gasteiger partial charge on any atom is -0.480 e. The maximum absolute atomic E-state index is 10.6. The average molecular weight is 522 g/mol. The molecule has 7 nitrogen and oxygen atoms in total. The van der Waals surface area contributed by atoms with Crippen molar-refractivity contribution < 1.29 is 9.84 Å². The van der Waals surface area contributed by atoms with Gasteiger partial charge in [-0.15, -0.1) is 0 Å². The number of nitrogens with one attached hydrogen (secondary N) is 1. The Hall–Kier alpha value is -3.01. The monoisotopic (exact) mass is 521 g/mol. The van der Waals surface area contributed by atoms with E-state index in [1.807, 2.05) is 28.8 Å². The third-order valence-electron chi connectivity index (χ3n) is 5.99. The first kappa shape index (κ1) is 20.6. The molecule has 2 atom stereocenters. The van der Waals surface area contributed by atoms with Crippen molar-refractivity contribution in [3.8, 4) is 5.88 Å². The fraction of sp³-hybridized carbons (Fsp3) is 0.208. The number of thiazole rings is 1. The second-order valence-electron chi connectivity index (χ2n) is 8.11. The van der Waals surface area contributed by atoms with Crippen LogP contribution in [0.4, 0.5) is 5.13 Å². The van der Waals surface area contributed by atoms with Crippen molar-refractivity contribution in [3.05, 3.63) is 76.0 Å². The zero-order valence-electron chi connectivity index (χ0n) is 17.7. The van der Waals surface area contributed by atoms with Crippen LogP contribution in [0.15, 0.2) is 59.3 Å². The number of pyridine rings is 1. The van der Waals surface area contributed by atoms with Crippen molar-refractivity contribution in [1.82, 2.24) is 19.5 Å². The van der Waals surface area contributed by atoms with Gasteiger partial charge in [-0.05, 0) is 50.8 Å². The Morgan fingerprint density at radius 3 is 2.94 bits per heavy atom. The Morgan fingerprint density at radius 1 is 1.18 bits per heavy atom. The summed E-state index contributed by atoms with van der Waals surface area (Å²) in [4.78, 5) is 13.8. The van der Waals surface area contributed by atoms with E-state index in [0.29, 0.717) is 18.8 Å². The number of benzene rings is 2. The standard InChI is InChI=1S/C24H20BrN5O2S/c1-32-23-16(25)10-18-22(29-23)30(12-26-18)11-13-6-7-17-20(8-13)33-24(27-17)28-21-15-5-3-2-4-14(15)9-19(21)31/h2-8,10,12,19,21,31H,9,11H2,1H3,(H,27,28)/t19-,21-/m1/s1. The van der Waals surface area contributed by atoms with E-state index >= 15 is 0 Å². The highest BCUT2D eigenvalue weighted by molar-refractivity contribution is 9.10. The molecule has 3 aromatic heterocycles. The fourth-order valence-electron chi connectivity index (χ4n) is 4.41. The van der Waals surface area contributed by atoms with Crippen LogP contribution in [0.25, 0.3) is 21.4 Å². The molecule has 0 saturated heterocycles. The smallest absolute Gasteiger partial charge is 0.229 e. The molecule has 33 heavy (non-hydrogen) atoms. The summed E-state index contributed by atoms with van der Waals surface area (Å²) in [6.07, 6.45) is 2.01. The van der Waals surface area contributed by atoms with E-state index in [1.165, 1.54) is 5.56 Å². The molecule has 0 amide bonds. The molecule has 0 aliphatic heterocycles. The Kier molecular flexibility index (Phi) is 5.05. The highest BCUT2D eigenvalue weighted by Gasteiger charge is 2.31. The van der Waals surface area contributed by atoms with E-state index in [0.717, 1.165) is 42.1 Å². The first-order valence-corrected chi connectivity index (χ1v) is 12.2. The van der Waals surface area contributed by atoms with E-state index in [4.69, 9.17) is 9.72 Å². The molecule has 2 aromatic carbocycles. The number of methoxy groups -OCH3 is 1. The van der Waals surface area contributed by atoms with Crippen LogP contribution < -0.4 is 10.1 Å². The normalized spacial score (nSPS) is 17.5. The van der Waals surface area contributed by atoms with Gasteiger partial charge in [0.1, 0.15) is 5.52 Å². The Balaban J connectivity index is 1.27. The Morgan fingerprint density at radius 2 is 2.06 bits per heavy atom. The number of halogens is 1. The van der Waals surface area contributed by atoms with Gasteiger partial charge in [0.25, 0.3) is 0 Å². The molecule has 0 spiro atoms. The number of nitrogens with zero attached hydrogens (tertiary/aromatic N) is 4. The maximum atomic E-state index is 10.6. The van der Waals surface area contributed by atoms with Gasteiger partial charge in [-0.2, -0.15) is 4.98 Å². The highest BCUT2D eigenvalue weighted by Crippen LogP contribution is 2.36. The number of rotatable bonds is 5. The van der Waals surface area contributed by atoms with E-state index in [9.17, 15) is 5.11 Å².